The molecule has 0 bridgehead atoms. The lowest BCUT2D eigenvalue weighted by Crippen LogP contribution is -2.11. The van der Waals surface area contributed by atoms with Gasteiger partial charge in [0.2, 0.25) is 0 Å². The molecule has 0 spiro atoms. The molecule has 0 saturated heterocycles. The minimum atomic E-state index is 0.462. The molecule has 0 aliphatic heterocycles. The number of aromatic nitrogens is 4. The van der Waals surface area contributed by atoms with Crippen molar-refractivity contribution in [3.8, 4) is 0 Å². The zero-order chi connectivity index (χ0) is 12.5. The van der Waals surface area contributed by atoms with Crippen LogP contribution in [0.25, 0.3) is 11.2 Å². The third-order valence-electron chi connectivity index (χ3n) is 3.80. The summed E-state index contributed by atoms with van der Waals surface area (Å²) < 4.78 is 2.19. The largest absolute Gasteiger partial charge is 0.313 e. The first-order valence-corrected chi connectivity index (χ1v) is 7.05. The van der Waals surface area contributed by atoms with Gasteiger partial charge in [0.15, 0.2) is 10.8 Å². The van der Waals surface area contributed by atoms with E-state index in [1.165, 1.54) is 38.4 Å². The Bertz CT molecular complexity index is 557. The second-order valence-corrected chi connectivity index (χ2v) is 5.24. The summed E-state index contributed by atoms with van der Waals surface area (Å²) in [7, 11) is 0. The lowest BCUT2D eigenvalue weighted by atomic mass is 9.88. The highest BCUT2D eigenvalue weighted by molar-refractivity contribution is 6.33. The lowest BCUT2D eigenvalue weighted by molar-refractivity contribution is 0.418. The third-order valence-corrected chi connectivity index (χ3v) is 4.08. The van der Waals surface area contributed by atoms with Crippen LogP contribution < -0.4 is 0 Å². The van der Waals surface area contributed by atoms with E-state index in [0.29, 0.717) is 11.1 Å². The standard InChI is InChI=1S/C13H17ClN4/c1-2-18-12(9-6-4-3-5-7-9)17-10-11(14)15-8-16-13(10)18/h8-9H,2-7H2,1H3. The van der Waals surface area contributed by atoms with Gasteiger partial charge < -0.3 is 4.57 Å². The summed E-state index contributed by atoms with van der Waals surface area (Å²) >= 11 is 6.11. The minimum Gasteiger partial charge on any atom is -0.313 e. The Morgan fingerprint density at radius 2 is 2.06 bits per heavy atom. The summed E-state index contributed by atoms with van der Waals surface area (Å²) in [6.45, 7) is 3.01. The van der Waals surface area contributed by atoms with Crippen molar-refractivity contribution in [3.63, 3.8) is 0 Å². The monoisotopic (exact) mass is 264 g/mol. The van der Waals surface area contributed by atoms with E-state index in [1.807, 2.05) is 0 Å². The van der Waals surface area contributed by atoms with Gasteiger partial charge in [-0.25, -0.2) is 15.0 Å². The predicted molar refractivity (Wildman–Crippen MR) is 71.8 cm³/mol. The molecular weight excluding hydrogens is 248 g/mol. The van der Waals surface area contributed by atoms with Crippen LogP contribution in [0.2, 0.25) is 5.15 Å². The molecule has 96 valence electrons. The minimum absolute atomic E-state index is 0.462. The molecule has 1 aliphatic rings. The molecule has 0 radical (unpaired) electrons. The Kier molecular flexibility index (Phi) is 3.20. The highest BCUT2D eigenvalue weighted by atomic mass is 35.5. The van der Waals surface area contributed by atoms with Gasteiger partial charge in [-0.1, -0.05) is 30.9 Å². The van der Waals surface area contributed by atoms with Gasteiger partial charge in [-0.15, -0.1) is 0 Å². The summed E-state index contributed by atoms with van der Waals surface area (Å²) in [5.41, 5.74) is 1.62. The van der Waals surface area contributed by atoms with Crippen molar-refractivity contribution in [1.82, 2.24) is 19.5 Å². The molecule has 2 heterocycles. The third kappa shape index (κ3) is 1.88. The molecule has 0 N–H and O–H groups in total. The molecule has 18 heavy (non-hydrogen) atoms. The zero-order valence-corrected chi connectivity index (χ0v) is 11.3. The summed E-state index contributed by atoms with van der Waals surface area (Å²) in [4.78, 5) is 13.1. The molecule has 0 amide bonds. The van der Waals surface area contributed by atoms with Gasteiger partial charge in [0.1, 0.15) is 17.7 Å². The van der Waals surface area contributed by atoms with E-state index in [2.05, 4.69) is 21.5 Å². The van der Waals surface area contributed by atoms with E-state index in [-0.39, 0.29) is 0 Å². The fraction of sp³-hybridized carbons (Fsp3) is 0.615. The molecule has 0 atom stereocenters. The van der Waals surface area contributed by atoms with Gasteiger partial charge in [-0.05, 0) is 19.8 Å². The summed E-state index contributed by atoms with van der Waals surface area (Å²) in [6.07, 6.45) is 7.93. The maximum Gasteiger partial charge on any atom is 0.164 e. The number of nitrogens with zero attached hydrogens (tertiary/aromatic N) is 4. The number of halogens is 1. The second-order valence-electron chi connectivity index (χ2n) is 4.89. The molecule has 3 rings (SSSR count). The van der Waals surface area contributed by atoms with E-state index in [9.17, 15) is 0 Å². The number of hydrogen-bond acceptors (Lipinski definition) is 3. The first-order chi connectivity index (χ1) is 8.81. The van der Waals surface area contributed by atoms with Crippen molar-refractivity contribution in [2.45, 2.75) is 51.5 Å². The van der Waals surface area contributed by atoms with E-state index in [4.69, 9.17) is 16.6 Å². The Morgan fingerprint density at radius 1 is 1.28 bits per heavy atom. The van der Waals surface area contributed by atoms with Crippen molar-refractivity contribution >= 4 is 22.8 Å². The smallest absolute Gasteiger partial charge is 0.164 e. The van der Waals surface area contributed by atoms with Crippen LogP contribution in [-0.2, 0) is 6.54 Å². The molecule has 1 fully saturated rings. The van der Waals surface area contributed by atoms with Crippen LogP contribution in [0.5, 0.6) is 0 Å². The van der Waals surface area contributed by atoms with Crippen LogP contribution in [0, 0.1) is 0 Å². The molecular formula is C13H17ClN4. The van der Waals surface area contributed by atoms with Crippen LogP contribution in [-0.4, -0.2) is 19.5 Å². The van der Waals surface area contributed by atoms with Gasteiger partial charge in [-0.2, -0.15) is 0 Å². The maximum absolute atomic E-state index is 6.11. The predicted octanol–water partition coefficient (Wildman–Crippen LogP) is 3.55. The molecule has 4 nitrogen and oxygen atoms in total. The molecule has 1 aliphatic carbocycles. The quantitative estimate of drug-likeness (QED) is 0.779. The van der Waals surface area contributed by atoms with Crippen LogP contribution in [0.1, 0.15) is 50.8 Å². The lowest BCUT2D eigenvalue weighted by Gasteiger charge is -2.21. The number of aryl methyl sites for hydroxylation is 1. The Morgan fingerprint density at radius 3 is 2.78 bits per heavy atom. The van der Waals surface area contributed by atoms with Gasteiger partial charge in [0.05, 0.1) is 0 Å². The van der Waals surface area contributed by atoms with Gasteiger partial charge in [0, 0.05) is 12.5 Å². The van der Waals surface area contributed by atoms with Crippen molar-refractivity contribution in [2.24, 2.45) is 0 Å². The molecule has 5 heteroatoms. The van der Waals surface area contributed by atoms with Crippen LogP contribution in [0.4, 0.5) is 0 Å². The molecule has 2 aromatic heterocycles. The first kappa shape index (κ1) is 11.9. The fourth-order valence-electron chi connectivity index (χ4n) is 2.91. The van der Waals surface area contributed by atoms with Gasteiger partial charge >= 0.3 is 0 Å². The number of hydrogen-bond donors (Lipinski definition) is 0. The molecule has 0 unspecified atom stereocenters. The molecule has 2 aromatic rings. The van der Waals surface area contributed by atoms with E-state index in [1.54, 1.807) is 0 Å². The Labute approximate surface area is 111 Å². The van der Waals surface area contributed by atoms with Crippen molar-refractivity contribution in [2.75, 3.05) is 0 Å². The SMILES string of the molecule is CCn1c(C2CCCCC2)nc2c(Cl)ncnc21. The number of rotatable bonds is 2. The van der Waals surface area contributed by atoms with Crippen molar-refractivity contribution < 1.29 is 0 Å². The number of fused-ring (bicyclic) bond motifs is 1. The fourth-order valence-corrected chi connectivity index (χ4v) is 3.08. The second kappa shape index (κ2) is 4.84. The highest BCUT2D eigenvalue weighted by Crippen LogP contribution is 2.34. The summed E-state index contributed by atoms with van der Waals surface area (Å²) in [5.74, 6) is 1.71. The maximum atomic E-state index is 6.11. The van der Waals surface area contributed by atoms with E-state index in [0.717, 1.165) is 23.5 Å². The first-order valence-electron chi connectivity index (χ1n) is 6.68. The van der Waals surface area contributed by atoms with Crippen molar-refractivity contribution in [3.05, 3.63) is 17.3 Å². The Balaban J connectivity index is 2.13. The average molecular weight is 265 g/mol. The van der Waals surface area contributed by atoms with Gasteiger partial charge in [-0.3, -0.25) is 0 Å². The molecule has 0 aromatic carbocycles. The van der Waals surface area contributed by atoms with Crippen LogP contribution in [0.3, 0.4) is 0 Å². The highest BCUT2D eigenvalue weighted by Gasteiger charge is 2.23. The molecule has 1 saturated carbocycles. The summed E-state index contributed by atoms with van der Waals surface area (Å²) in [6, 6.07) is 0. The van der Waals surface area contributed by atoms with E-state index < -0.39 is 0 Å². The van der Waals surface area contributed by atoms with Gasteiger partial charge in [0.25, 0.3) is 0 Å². The van der Waals surface area contributed by atoms with Crippen molar-refractivity contribution in [1.29, 1.82) is 0 Å². The number of imidazole rings is 1. The van der Waals surface area contributed by atoms with Crippen LogP contribution in [0.15, 0.2) is 6.33 Å². The van der Waals surface area contributed by atoms with E-state index >= 15 is 0 Å². The Hall–Kier alpha value is -1.16. The average Bonchev–Trinajstić information content (AvgIpc) is 2.80. The normalized spacial score (nSPS) is 17.4. The topological polar surface area (TPSA) is 43.6 Å². The van der Waals surface area contributed by atoms with Crippen LogP contribution >= 0.6 is 11.6 Å². The summed E-state index contributed by atoms with van der Waals surface area (Å²) in [5, 5.41) is 0.462. The zero-order valence-electron chi connectivity index (χ0n) is 10.6.